The molecule has 1 aromatic carbocycles. The lowest BCUT2D eigenvalue weighted by atomic mass is 10.1. The van der Waals surface area contributed by atoms with Crippen molar-refractivity contribution in [2.24, 2.45) is 0 Å². The molecule has 3 aromatic rings. The molecule has 0 spiro atoms. The van der Waals surface area contributed by atoms with Crippen molar-refractivity contribution < 1.29 is 13.2 Å². The molecule has 7 nitrogen and oxygen atoms in total. The maximum absolute atomic E-state index is 12.8. The molecule has 170 valence electrons. The zero-order valence-electron chi connectivity index (χ0n) is 18.6. The lowest BCUT2D eigenvalue weighted by Crippen LogP contribution is -2.40. The minimum Gasteiger partial charge on any atom is -0.397 e. The fraction of sp³-hybridized carbons (Fsp3) is 0.318. The molecule has 32 heavy (non-hydrogen) atoms. The highest BCUT2D eigenvalue weighted by Crippen LogP contribution is 2.39. The third-order valence-corrected chi connectivity index (χ3v) is 6.78. The highest BCUT2D eigenvalue weighted by Gasteiger charge is 2.24. The van der Waals surface area contributed by atoms with Gasteiger partial charge in [-0.15, -0.1) is 11.3 Å². The number of fused-ring (bicyclic) bond motifs is 1. The van der Waals surface area contributed by atoms with Crippen LogP contribution in [-0.4, -0.2) is 48.1 Å². The first-order valence-electron chi connectivity index (χ1n) is 9.79. The highest BCUT2D eigenvalue weighted by atomic mass is 32.2. The van der Waals surface area contributed by atoms with E-state index in [1.54, 1.807) is 12.2 Å². The summed E-state index contributed by atoms with van der Waals surface area (Å²) in [5.74, 6) is -0.246. The first-order valence-corrected chi connectivity index (χ1v) is 13.9. The molecule has 3 rings (SSSR count). The first-order chi connectivity index (χ1) is 14.9. The molecule has 1 amide bonds. The molecule has 2 heterocycles. The Labute approximate surface area is 196 Å². The van der Waals surface area contributed by atoms with Gasteiger partial charge in [0.15, 0.2) is 15.0 Å². The molecule has 0 bridgehead atoms. The van der Waals surface area contributed by atoms with Gasteiger partial charge in [-0.2, -0.15) is 0 Å². The molecule has 10 heteroatoms. The predicted octanol–water partition coefficient (Wildman–Crippen LogP) is 4.25. The van der Waals surface area contributed by atoms with Crippen LogP contribution in [0.3, 0.4) is 0 Å². The number of hydrogen-bond acceptors (Lipinski definition) is 8. The zero-order chi connectivity index (χ0) is 23.7. The van der Waals surface area contributed by atoms with Crippen LogP contribution in [0.1, 0.15) is 36.0 Å². The summed E-state index contributed by atoms with van der Waals surface area (Å²) in [7, 11) is -3.05. The van der Waals surface area contributed by atoms with Crippen LogP contribution >= 0.6 is 23.1 Å². The number of hydrogen-bond donors (Lipinski definition) is 2. The molecule has 0 aliphatic heterocycles. The number of aromatic nitrogens is 2. The fourth-order valence-corrected chi connectivity index (χ4v) is 4.84. The van der Waals surface area contributed by atoms with Gasteiger partial charge in [0.2, 0.25) is 0 Å². The molecule has 0 radical (unpaired) electrons. The van der Waals surface area contributed by atoms with E-state index in [2.05, 4.69) is 15.3 Å². The van der Waals surface area contributed by atoms with Crippen LogP contribution in [0, 0.1) is 0 Å². The summed E-state index contributed by atoms with van der Waals surface area (Å²) in [4.78, 5) is 23.1. The number of anilines is 1. The fourth-order valence-electron chi connectivity index (χ4n) is 2.98. The van der Waals surface area contributed by atoms with Gasteiger partial charge in [-0.3, -0.25) is 4.79 Å². The summed E-state index contributed by atoms with van der Waals surface area (Å²) in [6.45, 7) is 5.74. The summed E-state index contributed by atoms with van der Waals surface area (Å²) in [5, 5.41) is 4.20. The van der Waals surface area contributed by atoms with Gasteiger partial charge >= 0.3 is 0 Å². The van der Waals surface area contributed by atoms with Crippen molar-refractivity contribution in [2.75, 3.05) is 24.0 Å². The normalized spacial score (nSPS) is 12.5. The number of sulfone groups is 1. The number of carbonyl (C=O) groups excluding carboxylic acids is 1. The van der Waals surface area contributed by atoms with E-state index in [0.29, 0.717) is 31.6 Å². The molecule has 3 N–H and O–H groups in total. The van der Waals surface area contributed by atoms with Crippen molar-refractivity contribution in [3.63, 3.8) is 0 Å². The number of nitrogens with two attached hydrogens (primary N) is 1. The Morgan fingerprint density at radius 1 is 1.22 bits per heavy atom. The quantitative estimate of drug-likeness (QED) is 0.392. The number of carbonyl (C=O) groups is 1. The summed E-state index contributed by atoms with van der Waals surface area (Å²) in [5.41, 5.74) is 8.76. The lowest BCUT2D eigenvalue weighted by molar-refractivity contribution is 0.0924. The average Bonchev–Trinajstić information content (AvgIpc) is 3.02. The van der Waals surface area contributed by atoms with Crippen LogP contribution in [0.15, 0.2) is 35.5 Å². The minimum absolute atomic E-state index is 0.0107. The molecule has 0 fully saturated rings. The van der Waals surface area contributed by atoms with Crippen molar-refractivity contribution in [1.82, 2.24) is 15.3 Å². The molecular formula is C22H26N4O3S3. The van der Waals surface area contributed by atoms with Gasteiger partial charge in [0.1, 0.15) is 9.71 Å². The van der Waals surface area contributed by atoms with E-state index in [4.69, 9.17) is 5.73 Å². The third-order valence-electron chi connectivity index (χ3n) is 4.34. The van der Waals surface area contributed by atoms with E-state index < -0.39 is 9.84 Å². The SMILES string of the molecule is CSc1nc(-c2ccc(/C=C/CS(C)(=O)=O)cc2)c2c(N)c(C(=O)NC(C)(C)C)sc2n1. The summed E-state index contributed by atoms with van der Waals surface area (Å²) in [6.07, 6.45) is 6.48. The van der Waals surface area contributed by atoms with E-state index >= 15 is 0 Å². The van der Waals surface area contributed by atoms with Crippen LogP contribution in [0.5, 0.6) is 0 Å². The van der Waals surface area contributed by atoms with Gasteiger partial charge in [-0.25, -0.2) is 18.4 Å². The first kappa shape index (κ1) is 24.2. The topological polar surface area (TPSA) is 115 Å². The Morgan fingerprint density at radius 2 is 1.88 bits per heavy atom. The number of thiophene rings is 1. The van der Waals surface area contributed by atoms with Crippen LogP contribution in [0.25, 0.3) is 27.6 Å². The third kappa shape index (κ3) is 5.87. The number of thioether (sulfide) groups is 1. The molecular weight excluding hydrogens is 464 g/mol. The van der Waals surface area contributed by atoms with Crippen LogP contribution in [-0.2, 0) is 9.84 Å². The van der Waals surface area contributed by atoms with E-state index in [9.17, 15) is 13.2 Å². The van der Waals surface area contributed by atoms with E-state index in [-0.39, 0.29) is 17.2 Å². The van der Waals surface area contributed by atoms with E-state index in [1.165, 1.54) is 29.4 Å². The largest absolute Gasteiger partial charge is 0.397 e. The summed E-state index contributed by atoms with van der Waals surface area (Å²) < 4.78 is 22.6. The van der Waals surface area contributed by atoms with Crippen molar-refractivity contribution in [1.29, 1.82) is 0 Å². The molecule has 0 saturated heterocycles. The number of amides is 1. The predicted molar refractivity (Wildman–Crippen MR) is 135 cm³/mol. The molecule has 0 unspecified atom stereocenters. The van der Waals surface area contributed by atoms with Crippen molar-refractivity contribution >= 4 is 60.8 Å². The van der Waals surface area contributed by atoms with Gasteiger partial charge in [0.25, 0.3) is 5.91 Å². The van der Waals surface area contributed by atoms with E-state index in [0.717, 1.165) is 11.1 Å². The van der Waals surface area contributed by atoms with Crippen molar-refractivity contribution in [3.05, 3.63) is 40.8 Å². The monoisotopic (exact) mass is 490 g/mol. The molecule has 0 atom stereocenters. The number of nitrogens with zero attached hydrogens (tertiary/aromatic N) is 2. The van der Waals surface area contributed by atoms with Crippen LogP contribution in [0.4, 0.5) is 5.69 Å². The van der Waals surface area contributed by atoms with Crippen molar-refractivity contribution in [2.45, 2.75) is 31.5 Å². The summed E-state index contributed by atoms with van der Waals surface area (Å²) in [6, 6.07) is 7.57. The van der Waals surface area contributed by atoms with Gasteiger partial charge in [0.05, 0.1) is 22.5 Å². The Bertz CT molecular complexity index is 1290. The Balaban J connectivity index is 2.05. The molecule has 2 aromatic heterocycles. The Hall–Kier alpha value is -2.43. The second-order valence-corrected chi connectivity index (χ2v) is 12.4. The smallest absolute Gasteiger partial charge is 0.263 e. The Kier molecular flexibility index (Phi) is 6.97. The van der Waals surface area contributed by atoms with E-state index in [1.807, 2.05) is 51.3 Å². The van der Waals surface area contributed by atoms with Gasteiger partial charge in [-0.05, 0) is 32.6 Å². The second-order valence-electron chi connectivity index (χ2n) is 8.40. The average molecular weight is 491 g/mol. The van der Waals surface area contributed by atoms with Crippen LogP contribution in [0.2, 0.25) is 0 Å². The Morgan fingerprint density at radius 3 is 2.44 bits per heavy atom. The van der Waals surface area contributed by atoms with Gasteiger partial charge in [0, 0.05) is 17.4 Å². The van der Waals surface area contributed by atoms with Crippen molar-refractivity contribution in [3.8, 4) is 11.3 Å². The molecule has 0 saturated carbocycles. The van der Waals surface area contributed by atoms with Gasteiger partial charge in [-0.1, -0.05) is 48.2 Å². The summed E-state index contributed by atoms with van der Waals surface area (Å²) >= 11 is 2.68. The number of rotatable bonds is 6. The van der Waals surface area contributed by atoms with Gasteiger partial charge < -0.3 is 11.1 Å². The maximum atomic E-state index is 12.8. The van der Waals surface area contributed by atoms with Crippen LogP contribution < -0.4 is 11.1 Å². The number of nitrogen functional groups attached to an aromatic ring is 1. The second kappa shape index (κ2) is 9.21. The highest BCUT2D eigenvalue weighted by molar-refractivity contribution is 7.98. The standard InChI is InChI=1S/C22H26N4O3S3/c1-22(2,3)26-19(27)18-16(23)15-17(24-21(30-4)25-20(15)31-18)14-10-8-13(9-11-14)7-6-12-32(5,28)29/h6-11H,12,23H2,1-5H3,(H,26,27)/b7-6+. The minimum atomic E-state index is -3.05. The maximum Gasteiger partial charge on any atom is 0.263 e. The number of benzene rings is 1. The lowest BCUT2D eigenvalue weighted by Gasteiger charge is -2.20. The molecule has 0 aliphatic carbocycles. The molecule has 0 aliphatic rings. The zero-order valence-corrected chi connectivity index (χ0v) is 21.0. The number of nitrogens with one attached hydrogen (secondary N) is 1.